The third kappa shape index (κ3) is 2.92. The SMILES string of the molecule is Cc1ccc(C(N)Cc2ncccc2C)cc1. The molecule has 1 aromatic carbocycles. The van der Waals surface area contributed by atoms with E-state index in [2.05, 4.69) is 49.2 Å². The van der Waals surface area contributed by atoms with Crippen molar-refractivity contribution in [2.75, 3.05) is 0 Å². The zero-order chi connectivity index (χ0) is 12.3. The summed E-state index contributed by atoms with van der Waals surface area (Å²) in [5.41, 5.74) is 10.9. The van der Waals surface area contributed by atoms with Gasteiger partial charge in [0.15, 0.2) is 0 Å². The van der Waals surface area contributed by atoms with Gasteiger partial charge in [-0.15, -0.1) is 0 Å². The Hall–Kier alpha value is -1.67. The first-order valence-electron chi connectivity index (χ1n) is 5.89. The molecule has 2 heteroatoms. The van der Waals surface area contributed by atoms with Crippen molar-refractivity contribution in [3.05, 3.63) is 65.0 Å². The van der Waals surface area contributed by atoms with Crippen molar-refractivity contribution in [2.24, 2.45) is 5.73 Å². The van der Waals surface area contributed by atoms with Crippen LogP contribution in [0.1, 0.15) is 28.4 Å². The zero-order valence-corrected chi connectivity index (χ0v) is 10.4. The second-order valence-electron chi connectivity index (χ2n) is 4.49. The zero-order valence-electron chi connectivity index (χ0n) is 10.4. The number of nitrogens with two attached hydrogens (primary N) is 1. The maximum absolute atomic E-state index is 6.21. The van der Waals surface area contributed by atoms with E-state index in [-0.39, 0.29) is 6.04 Å². The van der Waals surface area contributed by atoms with Gasteiger partial charge < -0.3 is 5.73 Å². The minimum absolute atomic E-state index is 0.0178. The normalized spacial score (nSPS) is 12.4. The molecule has 0 aliphatic heterocycles. The first-order chi connectivity index (χ1) is 8.16. The summed E-state index contributed by atoms with van der Waals surface area (Å²) in [4.78, 5) is 4.38. The second-order valence-corrected chi connectivity index (χ2v) is 4.49. The van der Waals surface area contributed by atoms with Gasteiger partial charge >= 0.3 is 0 Å². The lowest BCUT2D eigenvalue weighted by molar-refractivity contribution is 0.702. The standard InChI is InChI=1S/C15H18N2/c1-11-5-7-13(8-6-11)14(16)10-15-12(2)4-3-9-17-15/h3-9,14H,10,16H2,1-2H3. The first kappa shape index (κ1) is 11.8. The van der Waals surface area contributed by atoms with Crippen molar-refractivity contribution in [1.82, 2.24) is 4.98 Å². The van der Waals surface area contributed by atoms with Gasteiger partial charge in [-0.1, -0.05) is 35.9 Å². The smallest absolute Gasteiger partial charge is 0.0451 e. The highest BCUT2D eigenvalue weighted by molar-refractivity contribution is 5.26. The minimum Gasteiger partial charge on any atom is -0.324 e. The summed E-state index contributed by atoms with van der Waals surface area (Å²) < 4.78 is 0. The molecule has 0 saturated carbocycles. The van der Waals surface area contributed by atoms with Gasteiger partial charge in [0.1, 0.15) is 0 Å². The molecule has 0 fully saturated rings. The number of hydrogen-bond acceptors (Lipinski definition) is 2. The number of aryl methyl sites for hydroxylation is 2. The van der Waals surface area contributed by atoms with Gasteiger partial charge in [0.25, 0.3) is 0 Å². The van der Waals surface area contributed by atoms with Crippen LogP contribution in [0.2, 0.25) is 0 Å². The van der Waals surface area contributed by atoms with Crippen LogP contribution < -0.4 is 5.73 Å². The molecule has 2 nitrogen and oxygen atoms in total. The van der Waals surface area contributed by atoms with Gasteiger partial charge in [0.05, 0.1) is 0 Å². The summed E-state index contributed by atoms with van der Waals surface area (Å²) in [5, 5.41) is 0. The molecule has 2 aromatic rings. The van der Waals surface area contributed by atoms with E-state index in [1.807, 2.05) is 12.3 Å². The van der Waals surface area contributed by atoms with Crippen LogP contribution in [-0.2, 0) is 6.42 Å². The molecule has 0 aliphatic carbocycles. The maximum atomic E-state index is 6.21. The average Bonchev–Trinajstić information content (AvgIpc) is 2.33. The predicted octanol–water partition coefficient (Wildman–Crippen LogP) is 2.94. The van der Waals surface area contributed by atoms with Crippen LogP contribution in [0.25, 0.3) is 0 Å². The minimum atomic E-state index is 0.0178. The van der Waals surface area contributed by atoms with Crippen LogP contribution in [0.3, 0.4) is 0 Å². The van der Waals surface area contributed by atoms with E-state index in [9.17, 15) is 0 Å². The molecule has 1 unspecified atom stereocenters. The fourth-order valence-corrected chi connectivity index (χ4v) is 1.87. The van der Waals surface area contributed by atoms with E-state index in [1.165, 1.54) is 16.7 Å². The van der Waals surface area contributed by atoms with E-state index in [0.717, 1.165) is 12.1 Å². The number of pyridine rings is 1. The van der Waals surface area contributed by atoms with Crippen LogP contribution in [0.15, 0.2) is 42.6 Å². The third-order valence-corrected chi connectivity index (χ3v) is 3.04. The van der Waals surface area contributed by atoms with Crippen LogP contribution >= 0.6 is 0 Å². The van der Waals surface area contributed by atoms with E-state index in [4.69, 9.17) is 5.73 Å². The van der Waals surface area contributed by atoms with E-state index in [1.54, 1.807) is 0 Å². The largest absolute Gasteiger partial charge is 0.324 e. The Labute approximate surface area is 103 Å². The molecule has 88 valence electrons. The van der Waals surface area contributed by atoms with E-state index in [0.29, 0.717) is 0 Å². The monoisotopic (exact) mass is 226 g/mol. The van der Waals surface area contributed by atoms with Gasteiger partial charge in [-0.2, -0.15) is 0 Å². The van der Waals surface area contributed by atoms with Crippen LogP contribution in [0.5, 0.6) is 0 Å². The second kappa shape index (κ2) is 5.11. The maximum Gasteiger partial charge on any atom is 0.0451 e. The van der Waals surface area contributed by atoms with E-state index >= 15 is 0 Å². The van der Waals surface area contributed by atoms with Crippen molar-refractivity contribution in [2.45, 2.75) is 26.3 Å². The quantitative estimate of drug-likeness (QED) is 0.874. The summed E-state index contributed by atoms with van der Waals surface area (Å²) >= 11 is 0. The van der Waals surface area contributed by atoms with Crippen molar-refractivity contribution < 1.29 is 0 Å². The Morgan fingerprint density at radius 1 is 1.12 bits per heavy atom. The summed E-state index contributed by atoms with van der Waals surface area (Å²) in [6.07, 6.45) is 2.61. The van der Waals surface area contributed by atoms with Gasteiger partial charge in [0.2, 0.25) is 0 Å². The first-order valence-corrected chi connectivity index (χ1v) is 5.89. The van der Waals surface area contributed by atoms with Gasteiger partial charge in [-0.05, 0) is 31.0 Å². The number of aromatic nitrogens is 1. The molecule has 0 spiro atoms. The molecular formula is C15H18N2. The lowest BCUT2D eigenvalue weighted by Gasteiger charge is -2.13. The summed E-state index contributed by atoms with van der Waals surface area (Å²) in [6, 6.07) is 12.4. The Morgan fingerprint density at radius 3 is 2.47 bits per heavy atom. The number of benzene rings is 1. The van der Waals surface area contributed by atoms with Crippen LogP contribution in [0, 0.1) is 13.8 Å². The Kier molecular flexibility index (Phi) is 3.55. The molecule has 17 heavy (non-hydrogen) atoms. The fraction of sp³-hybridized carbons (Fsp3) is 0.267. The molecule has 0 amide bonds. The molecule has 2 rings (SSSR count). The van der Waals surface area contributed by atoms with Gasteiger partial charge in [0, 0.05) is 24.4 Å². The highest BCUT2D eigenvalue weighted by Crippen LogP contribution is 2.17. The molecule has 2 N–H and O–H groups in total. The predicted molar refractivity (Wildman–Crippen MR) is 70.8 cm³/mol. The van der Waals surface area contributed by atoms with Crippen molar-refractivity contribution >= 4 is 0 Å². The molecule has 1 atom stereocenters. The molecule has 0 bridgehead atoms. The summed E-state index contributed by atoms with van der Waals surface area (Å²) in [5.74, 6) is 0. The third-order valence-electron chi connectivity index (χ3n) is 3.04. The van der Waals surface area contributed by atoms with Crippen molar-refractivity contribution in [3.63, 3.8) is 0 Å². The molecule has 0 radical (unpaired) electrons. The Morgan fingerprint density at radius 2 is 1.82 bits per heavy atom. The average molecular weight is 226 g/mol. The molecule has 1 heterocycles. The van der Waals surface area contributed by atoms with Crippen LogP contribution in [-0.4, -0.2) is 4.98 Å². The molecule has 1 aromatic heterocycles. The summed E-state index contributed by atoms with van der Waals surface area (Å²) in [6.45, 7) is 4.16. The summed E-state index contributed by atoms with van der Waals surface area (Å²) in [7, 11) is 0. The highest BCUT2D eigenvalue weighted by Gasteiger charge is 2.09. The fourth-order valence-electron chi connectivity index (χ4n) is 1.87. The lowest BCUT2D eigenvalue weighted by atomic mass is 10.00. The van der Waals surface area contributed by atoms with E-state index < -0.39 is 0 Å². The van der Waals surface area contributed by atoms with Crippen molar-refractivity contribution in [1.29, 1.82) is 0 Å². The lowest BCUT2D eigenvalue weighted by Crippen LogP contribution is -2.14. The number of hydrogen-bond donors (Lipinski definition) is 1. The highest BCUT2D eigenvalue weighted by atomic mass is 14.7. The Balaban J connectivity index is 2.14. The number of rotatable bonds is 3. The van der Waals surface area contributed by atoms with Gasteiger partial charge in [-0.3, -0.25) is 4.98 Å². The topological polar surface area (TPSA) is 38.9 Å². The Bertz CT molecular complexity index is 489. The van der Waals surface area contributed by atoms with Gasteiger partial charge in [-0.25, -0.2) is 0 Å². The molecule has 0 saturated heterocycles. The van der Waals surface area contributed by atoms with Crippen molar-refractivity contribution in [3.8, 4) is 0 Å². The van der Waals surface area contributed by atoms with Crippen LogP contribution in [0.4, 0.5) is 0 Å². The molecular weight excluding hydrogens is 208 g/mol. The molecule has 0 aliphatic rings. The number of nitrogens with zero attached hydrogens (tertiary/aromatic N) is 1.